The Kier molecular flexibility index (Phi) is 4.14. The lowest BCUT2D eigenvalue weighted by molar-refractivity contribution is 0.710. The first-order valence-corrected chi connectivity index (χ1v) is 9.01. The van der Waals surface area contributed by atoms with Gasteiger partial charge in [-0.2, -0.15) is 5.26 Å². The molecule has 3 aromatic heterocycles. The van der Waals surface area contributed by atoms with Crippen molar-refractivity contribution in [2.45, 2.75) is 13.5 Å². The Morgan fingerprint density at radius 3 is 2.70 bits per heavy atom. The van der Waals surface area contributed by atoms with Crippen molar-refractivity contribution in [1.82, 2.24) is 19.5 Å². The first-order valence-electron chi connectivity index (χ1n) is 8.13. The SMILES string of the molecule is Cc1nc2cc(-c3nccs3)c(N)nc2c(=O)n1Cc1ccc(C#N)cc1. The molecule has 8 heteroatoms. The van der Waals surface area contributed by atoms with Crippen molar-refractivity contribution in [2.24, 2.45) is 0 Å². The van der Waals surface area contributed by atoms with Crippen molar-refractivity contribution in [1.29, 1.82) is 5.26 Å². The zero-order valence-corrected chi connectivity index (χ0v) is 15.2. The van der Waals surface area contributed by atoms with Crippen LogP contribution in [0.5, 0.6) is 0 Å². The van der Waals surface area contributed by atoms with E-state index in [1.165, 1.54) is 11.3 Å². The summed E-state index contributed by atoms with van der Waals surface area (Å²) in [5.74, 6) is 0.832. The van der Waals surface area contributed by atoms with E-state index in [4.69, 9.17) is 11.0 Å². The largest absolute Gasteiger partial charge is 0.383 e. The van der Waals surface area contributed by atoms with Gasteiger partial charge in [0.15, 0.2) is 5.52 Å². The molecule has 0 amide bonds. The molecule has 1 aromatic carbocycles. The Labute approximate surface area is 158 Å². The fourth-order valence-electron chi connectivity index (χ4n) is 2.85. The summed E-state index contributed by atoms with van der Waals surface area (Å²) in [6.45, 7) is 2.12. The van der Waals surface area contributed by atoms with Gasteiger partial charge in [-0.25, -0.2) is 15.0 Å². The summed E-state index contributed by atoms with van der Waals surface area (Å²) in [6.07, 6.45) is 1.69. The molecule has 2 N–H and O–H groups in total. The molecular formula is C19H14N6OS. The van der Waals surface area contributed by atoms with Crippen LogP contribution in [-0.2, 0) is 6.54 Å². The van der Waals surface area contributed by atoms with Crippen LogP contribution in [0.4, 0.5) is 5.82 Å². The van der Waals surface area contributed by atoms with Crippen LogP contribution in [0.1, 0.15) is 17.0 Å². The smallest absolute Gasteiger partial charge is 0.280 e. The zero-order valence-electron chi connectivity index (χ0n) is 14.4. The topological polar surface area (TPSA) is 110 Å². The number of hydrogen-bond acceptors (Lipinski definition) is 7. The number of nitrogens with zero attached hydrogens (tertiary/aromatic N) is 5. The van der Waals surface area contributed by atoms with E-state index in [0.717, 1.165) is 10.6 Å². The van der Waals surface area contributed by atoms with Gasteiger partial charge in [-0.3, -0.25) is 9.36 Å². The van der Waals surface area contributed by atoms with E-state index < -0.39 is 0 Å². The van der Waals surface area contributed by atoms with Gasteiger partial charge in [0.2, 0.25) is 0 Å². The second-order valence-corrected chi connectivity index (χ2v) is 6.88. The highest BCUT2D eigenvalue weighted by Gasteiger charge is 2.15. The van der Waals surface area contributed by atoms with Crippen LogP contribution in [0.3, 0.4) is 0 Å². The molecule has 0 aliphatic carbocycles. The van der Waals surface area contributed by atoms with Crippen LogP contribution >= 0.6 is 11.3 Å². The van der Waals surface area contributed by atoms with Crippen LogP contribution < -0.4 is 11.3 Å². The molecule has 0 aliphatic heterocycles. The van der Waals surface area contributed by atoms with E-state index in [-0.39, 0.29) is 16.9 Å². The van der Waals surface area contributed by atoms with E-state index in [1.54, 1.807) is 35.9 Å². The van der Waals surface area contributed by atoms with E-state index in [1.807, 2.05) is 17.5 Å². The van der Waals surface area contributed by atoms with E-state index in [2.05, 4.69) is 21.0 Å². The number of thiazole rings is 1. The number of nitrogen functional groups attached to an aromatic ring is 1. The van der Waals surface area contributed by atoms with Gasteiger partial charge in [0, 0.05) is 11.6 Å². The molecule has 4 aromatic rings. The van der Waals surface area contributed by atoms with E-state index in [0.29, 0.717) is 29.0 Å². The Hall–Kier alpha value is -3.57. The number of nitriles is 1. The number of fused-ring (bicyclic) bond motifs is 1. The number of aryl methyl sites for hydroxylation is 1. The lowest BCUT2D eigenvalue weighted by Crippen LogP contribution is -2.25. The Morgan fingerprint density at radius 2 is 2.04 bits per heavy atom. The minimum Gasteiger partial charge on any atom is -0.383 e. The summed E-state index contributed by atoms with van der Waals surface area (Å²) in [7, 11) is 0. The summed E-state index contributed by atoms with van der Waals surface area (Å²) >= 11 is 1.45. The number of nitrogens with two attached hydrogens (primary N) is 1. The van der Waals surface area contributed by atoms with Crippen LogP contribution in [-0.4, -0.2) is 19.5 Å². The van der Waals surface area contributed by atoms with Crippen molar-refractivity contribution >= 4 is 28.2 Å². The number of aromatic nitrogens is 4. The van der Waals surface area contributed by atoms with Gasteiger partial charge in [-0.1, -0.05) is 12.1 Å². The molecule has 0 bridgehead atoms. The van der Waals surface area contributed by atoms with Crippen LogP contribution in [0.2, 0.25) is 0 Å². The molecule has 0 saturated carbocycles. The van der Waals surface area contributed by atoms with Crippen LogP contribution in [0.15, 0.2) is 46.7 Å². The quantitative estimate of drug-likeness (QED) is 0.590. The summed E-state index contributed by atoms with van der Waals surface area (Å²) in [5, 5.41) is 11.5. The van der Waals surface area contributed by atoms with Crippen molar-refractivity contribution in [3.63, 3.8) is 0 Å². The average Bonchev–Trinajstić information content (AvgIpc) is 3.20. The summed E-state index contributed by atoms with van der Waals surface area (Å²) in [5.41, 5.74) is 8.68. The number of hydrogen-bond donors (Lipinski definition) is 1. The maximum absolute atomic E-state index is 13.0. The number of pyridine rings is 1. The van der Waals surface area contributed by atoms with E-state index in [9.17, 15) is 4.79 Å². The maximum Gasteiger partial charge on any atom is 0.280 e. The average molecular weight is 374 g/mol. The van der Waals surface area contributed by atoms with Gasteiger partial charge in [0.25, 0.3) is 5.56 Å². The molecule has 4 rings (SSSR count). The number of benzene rings is 1. The molecule has 0 spiro atoms. The predicted molar refractivity (Wildman–Crippen MR) is 104 cm³/mol. The molecule has 0 radical (unpaired) electrons. The van der Waals surface area contributed by atoms with Gasteiger partial charge in [0.05, 0.1) is 29.3 Å². The second kappa shape index (κ2) is 6.63. The molecule has 0 fully saturated rings. The second-order valence-electron chi connectivity index (χ2n) is 5.99. The van der Waals surface area contributed by atoms with Crippen LogP contribution in [0.25, 0.3) is 21.6 Å². The number of rotatable bonds is 3. The van der Waals surface area contributed by atoms with Crippen molar-refractivity contribution in [3.05, 3.63) is 69.2 Å². The van der Waals surface area contributed by atoms with Gasteiger partial charge >= 0.3 is 0 Å². The normalized spacial score (nSPS) is 10.8. The summed E-state index contributed by atoms with van der Waals surface area (Å²) < 4.78 is 1.55. The van der Waals surface area contributed by atoms with Gasteiger partial charge < -0.3 is 5.73 Å². The fourth-order valence-corrected chi connectivity index (χ4v) is 3.51. The fraction of sp³-hybridized carbons (Fsp3) is 0.105. The molecule has 132 valence electrons. The molecule has 0 aliphatic rings. The molecule has 27 heavy (non-hydrogen) atoms. The van der Waals surface area contributed by atoms with Crippen LogP contribution in [0, 0.1) is 18.3 Å². The Bertz CT molecular complexity index is 1240. The summed E-state index contributed by atoms with van der Waals surface area (Å²) in [4.78, 5) is 26.1. The van der Waals surface area contributed by atoms with Gasteiger partial charge in [-0.15, -0.1) is 11.3 Å². The lowest BCUT2D eigenvalue weighted by Gasteiger charge is -2.12. The lowest BCUT2D eigenvalue weighted by atomic mass is 10.1. The highest BCUT2D eigenvalue weighted by molar-refractivity contribution is 7.13. The molecule has 0 atom stereocenters. The molecular weight excluding hydrogens is 360 g/mol. The standard InChI is InChI=1S/C19H14N6OS/c1-11-23-15-8-14(18-22-6-7-27-18)17(21)24-16(15)19(26)25(11)10-13-4-2-12(9-20)3-5-13/h2-8H,10H2,1H3,(H2,21,24). The molecule has 7 nitrogen and oxygen atoms in total. The molecule has 0 unspecified atom stereocenters. The summed E-state index contributed by atoms with van der Waals surface area (Å²) in [6, 6.07) is 10.9. The van der Waals surface area contributed by atoms with E-state index >= 15 is 0 Å². The minimum atomic E-state index is -0.251. The van der Waals surface area contributed by atoms with Gasteiger partial charge in [-0.05, 0) is 30.7 Å². The monoisotopic (exact) mass is 374 g/mol. The highest BCUT2D eigenvalue weighted by atomic mass is 32.1. The number of anilines is 1. The Balaban J connectivity index is 1.82. The zero-order chi connectivity index (χ0) is 19.0. The first-order chi connectivity index (χ1) is 13.1. The molecule has 3 heterocycles. The Morgan fingerprint density at radius 1 is 1.26 bits per heavy atom. The molecule has 0 saturated heterocycles. The van der Waals surface area contributed by atoms with Crippen molar-refractivity contribution < 1.29 is 0 Å². The first kappa shape index (κ1) is 16.9. The third-order valence-corrected chi connectivity index (χ3v) is 5.05. The third-order valence-electron chi connectivity index (χ3n) is 4.24. The highest BCUT2D eigenvalue weighted by Crippen LogP contribution is 2.28. The van der Waals surface area contributed by atoms with Crippen molar-refractivity contribution in [3.8, 4) is 16.6 Å². The third kappa shape index (κ3) is 3.05. The van der Waals surface area contributed by atoms with Crippen molar-refractivity contribution in [2.75, 3.05) is 5.73 Å². The maximum atomic E-state index is 13.0. The minimum absolute atomic E-state index is 0.229. The van der Waals surface area contributed by atoms with Gasteiger partial charge in [0.1, 0.15) is 16.6 Å². The predicted octanol–water partition coefficient (Wildman–Crippen LogP) is 2.73.